The van der Waals surface area contributed by atoms with Gasteiger partial charge in [-0.25, -0.2) is 9.78 Å². The molecule has 0 saturated heterocycles. The summed E-state index contributed by atoms with van der Waals surface area (Å²) in [5.41, 5.74) is 0. The number of nitrogens with one attached hydrogen (secondary N) is 2. The van der Waals surface area contributed by atoms with Crippen LogP contribution >= 0.6 is 39.7 Å². The summed E-state index contributed by atoms with van der Waals surface area (Å²) < 4.78 is 5.41. The zero-order chi connectivity index (χ0) is 12.8. The zero-order valence-corrected chi connectivity index (χ0v) is 11.9. The smallest absolute Gasteiger partial charge is 0.413 e. The van der Waals surface area contributed by atoms with Gasteiger partial charge in [-0.1, -0.05) is 11.6 Å². The molecule has 0 fully saturated rings. The molecule has 0 saturated carbocycles. The number of nitrogens with zero attached hydrogens (tertiary/aromatic N) is 1. The van der Waals surface area contributed by atoms with Crippen molar-refractivity contribution in [2.45, 2.75) is 6.92 Å². The van der Waals surface area contributed by atoms with Crippen molar-refractivity contribution in [1.29, 1.82) is 0 Å². The minimum Gasteiger partial charge on any atom is -0.450 e. The molecule has 1 rings (SSSR count). The van der Waals surface area contributed by atoms with Crippen molar-refractivity contribution >= 4 is 56.8 Å². The first-order chi connectivity index (χ1) is 8.02. The predicted octanol–water partition coefficient (Wildman–Crippen LogP) is 2.94. The van der Waals surface area contributed by atoms with Gasteiger partial charge in [0.25, 0.3) is 0 Å². The van der Waals surface area contributed by atoms with E-state index in [2.05, 4.69) is 36.3 Å². The zero-order valence-electron chi connectivity index (χ0n) is 8.79. The Labute approximate surface area is 117 Å². The van der Waals surface area contributed by atoms with E-state index >= 15 is 0 Å². The number of rotatable bonds is 2. The lowest BCUT2D eigenvalue weighted by molar-refractivity contribution is 0.158. The Morgan fingerprint density at radius 3 is 3.00 bits per heavy atom. The van der Waals surface area contributed by atoms with Crippen molar-refractivity contribution in [3.8, 4) is 0 Å². The van der Waals surface area contributed by atoms with E-state index in [0.717, 1.165) is 4.47 Å². The van der Waals surface area contributed by atoms with Gasteiger partial charge in [0.2, 0.25) is 0 Å². The summed E-state index contributed by atoms with van der Waals surface area (Å²) in [5, 5.41) is 5.45. The second-order valence-electron chi connectivity index (χ2n) is 2.78. The molecule has 17 heavy (non-hydrogen) atoms. The average molecular weight is 339 g/mol. The highest BCUT2D eigenvalue weighted by Gasteiger charge is 2.08. The van der Waals surface area contributed by atoms with Crippen LogP contribution in [0.25, 0.3) is 0 Å². The van der Waals surface area contributed by atoms with Gasteiger partial charge < -0.3 is 10.1 Å². The summed E-state index contributed by atoms with van der Waals surface area (Å²) in [6.07, 6.45) is 0.930. The molecular formula is C9H9BrClN3O2S. The molecule has 0 aromatic carbocycles. The molecule has 1 heterocycles. The number of carbonyl (C=O) groups excluding carboxylic acids is 1. The molecule has 1 aromatic rings. The first-order valence-corrected chi connectivity index (χ1v) is 6.16. The predicted molar refractivity (Wildman–Crippen MR) is 73.3 cm³/mol. The molecule has 2 N–H and O–H groups in total. The number of halogens is 2. The number of anilines is 1. The molecule has 1 aromatic heterocycles. The monoisotopic (exact) mass is 337 g/mol. The Balaban J connectivity index is 2.59. The fourth-order valence-electron chi connectivity index (χ4n) is 0.905. The van der Waals surface area contributed by atoms with Crippen LogP contribution in [0.1, 0.15) is 6.92 Å². The molecule has 5 nitrogen and oxygen atoms in total. The maximum atomic E-state index is 11.1. The van der Waals surface area contributed by atoms with E-state index in [1.54, 1.807) is 19.2 Å². The molecule has 0 unspecified atom stereocenters. The fourth-order valence-corrected chi connectivity index (χ4v) is 1.76. The van der Waals surface area contributed by atoms with E-state index in [9.17, 15) is 4.79 Å². The largest absolute Gasteiger partial charge is 0.450 e. The van der Waals surface area contributed by atoms with E-state index in [-0.39, 0.29) is 11.7 Å². The van der Waals surface area contributed by atoms with Gasteiger partial charge in [0.1, 0.15) is 0 Å². The molecule has 0 aliphatic rings. The summed E-state index contributed by atoms with van der Waals surface area (Å²) in [4.78, 5) is 15.1. The minimum atomic E-state index is -0.627. The number of hydrogen-bond acceptors (Lipinski definition) is 4. The van der Waals surface area contributed by atoms with Crippen molar-refractivity contribution in [2.24, 2.45) is 0 Å². The van der Waals surface area contributed by atoms with Gasteiger partial charge >= 0.3 is 6.09 Å². The Bertz CT molecular complexity index is 444. The van der Waals surface area contributed by atoms with Gasteiger partial charge in [0, 0.05) is 10.7 Å². The second kappa shape index (κ2) is 6.73. The quantitative estimate of drug-likeness (QED) is 0.812. The first kappa shape index (κ1) is 14.1. The molecule has 1 amide bonds. The third-order valence-corrected chi connectivity index (χ3v) is 2.46. The van der Waals surface area contributed by atoms with Crippen molar-refractivity contribution < 1.29 is 9.53 Å². The Kier molecular flexibility index (Phi) is 5.60. The van der Waals surface area contributed by atoms with Crippen molar-refractivity contribution in [1.82, 2.24) is 10.3 Å². The molecule has 0 atom stereocenters. The van der Waals surface area contributed by atoms with E-state index in [4.69, 9.17) is 23.8 Å². The number of hydrogen-bond donors (Lipinski definition) is 2. The third kappa shape index (κ3) is 4.84. The van der Waals surface area contributed by atoms with Gasteiger partial charge in [-0.15, -0.1) is 0 Å². The highest BCUT2D eigenvalue weighted by Crippen LogP contribution is 2.22. The van der Waals surface area contributed by atoms with Gasteiger partial charge in [0.05, 0.1) is 11.6 Å². The molecule has 0 bridgehead atoms. The van der Waals surface area contributed by atoms with Crippen LogP contribution < -0.4 is 10.6 Å². The van der Waals surface area contributed by atoms with Crippen LogP contribution in [0.3, 0.4) is 0 Å². The standard InChI is InChI=1S/C9H9BrClN3O2S/c1-2-16-9(15)14-8(17)13-7-6(11)3-5(10)4-12-7/h3-4H,2H2,1H3,(H2,12,13,14,15,17). The van der Waals surface area contributed by atoms with Crippen LogP contribution in [-0.2, 0) is 4.74 Å². The molecule has 0 aliphatic carbocycles. The Morgan fingerprint density at radius 1 is 1.71 bits per heavy atom. The number of thiocarbonyl (C=S) groups is 1. The van der Waals surface area contributed by atoms with Gasteiger partial charge in [-0.3, -0.25) is 5.32 Å². The summed E-state index contributed by atoms with van der Waals surface area (Å²) in [7, 11) is 0. The summed E-state index contributed by atoms with van der Waals surface area (Å²) in [6.45, 7) is 1.97. The van der Waals surface area contributed by atoms with E-state index < -0.39 is 6.09 Å². The first-order valence-electron chi connectivity index (χ1n) is 4.58. The van der Waals surface area contributed by atoms with E-state index in [1.807, 2.05) is 0 Å². The van der Waals surface area contributed by atoms with Crippen molar-refractivity contribution in [3.63, 3.8) is 0 Å². The van der Waals surface area contributed by atoms with Gasteiger partial charge in [-0.2, -0.15) is 0 Å². The normalized spacial score (nSPS) is 9.59. The van der Waals surface area contributed by atoms with Crippen LogP contribution in [0.5, 0.6) is 0 Å². The molecule has 0 aliphatic heterocycles. The highest BCUT2D eigenvalue weighted by atomic mass is 79.9. The molecule has 8 heteroatoms. The Hall–Kier alpha value is -0.920. The number of carbonyl (C=O) groups is 1. The lowest BCUT2D eigenvalue weighted by atomic mass is 10.4. The van der Waals surface area contributed by atoms with Crippen LogP contribution in [0.2, 0.25) is 5.02 Å². The number of pyridine rings is 1. The number of amides is 1. The summed E-state index contributed by atoms with van der Waals surface area (Å²) in [6, 6.07) is 1.66. The van der Waals surface area contributed by atoms with Gasteiger partial charge in [-0.05, 0) is 41.1 Å². The number of aromatic nitrogens is 1. The molecular weight excluding hydrogens is 330 g/mol. The van der Waals surface area contributed by atoms with Crippen LogP contribution in [-0.4, -0.2) is 22.8 Å². The lowest BCUT2D eigenvalue weighted by Crippen LogP contribution is -2.34. The molecule has 92 valence electrons. The summed E-state index contributed by atoms with van der Waals surface area (Å²) >= 11 is 14.0. The van der Waals surface area contributed by atoms with Crippen LogP contribution in [0, 0.1) is 0 Å². The van der Waals surface area contributed by atoms with Crippen LogP contribution in [0.4, 0.5) is 10.6 Å². The topological polar surface area (TPSA) is 63.2 Å². The van der Waals surface area contributed by atoms with E-state index in [0.29, 0.717) is 10.8 Å². The maximum absolute atomic E-state index is 11.1. The van der Waals surface area contributed by atoms with Gasteiger partial charge in [0.15, 0.2) is 10.9 Å². The minimum absolute atomic E-state index is 0.0696. The van der Waals surface area contributed by atoms with E-state index in [1.165, 1.54) is 0 Å². The average Bonchev–Trinajstić information content (AvgIpc) is 2.22. The highest BCUT2D eigenvalue weighted by molar-refractivity contribution is 9.10. The van der Waals surface area contributed by atoms with Crippen molar-refractivity contribution in [3.05, 3.63) is 21.8 Å². The summed E-state index contributed by atoms with van der Waals surface area (Å²) in [5.74, 6) is 0.358. The molecule has 0 spiro atoms. The van der Waals surface area contributed by atoms with Crippen molar-refractivity contribution in [2.75, 3.05) is 11.9 Å². The second-order valence-corrected chi connectivity index (χ2v) is 4.51. The number of alkyl carbamates (subject to hydrolysis) is 1. The molecule has 0 radical (unpaired) electrons. The number of ether oxygens (including phenoxy) is 1. The Morgan fingerprint density at radius 2 is 2.41 bits per heavy atom. The van der Waals surface area contributed by atoms with Crippen LogP contribution in [0.15, 0.2) is 16.7 Å². The fraction of sp³-hybridized carbons (Fsp3) is 0.222. The maximum Gasteiger partial charge on any atom is 0.413 e. The SMILES string of the molecule is CCOC(=O)NC(=S)Nc1ncc(Br)cc1Cl. The lowest BCUT2D eigenvalue weighted by Gasteiger charge is -2.09. The third-order valence-electron chi connectivity index (χ3n) is 1.53.